The third-order valence-corrected chi connectivity index (χ3v) is 5.74. The van der Waals surface area contributed by atoms with Gasteiger partial charge in [0, 0.05) is 17.3 Å². The molecule has 0 aromatic heterocycles. The fourth-order valence-corrected chi connectivity index (χ4v) is 4.07. The average Bonchev–Trinajstić information content (AvgIpc) is 3.07. The number of nitrogens with zero attached hydrogens (tertiary/aromatic N) is 2. The van der Waals surface area contributed by atoms with Crippen LogP contribution in [0, 0.1) is 6.92 Å². The predicted octanol–water partition coefficient (Wildman–Crippen LogP) is 5.47. The zero-order chi connectivity index (χ0) is 22.8. The highest BCUT2D eigenvalue weighted by molar-refractivity contribution is 6.46. The number of carbonyl (C=O) groups excluding carboxylic acids is 2. The summed E-state index contributed by atoms with van der Waals surface area (Å²) in [7, 11) is 1.59. The molecule has 1 aliphatic rings. The summed E-state index contributed by atoms with van der Waals surface area (Å²) in [6.07, 6.45) is 0. The zero-order valence-corrected chi connectivity index (χ0v) is 18.9. The van der Waals surface area contributed by atoms with Crippen molar-refractivity contribution in [3.05, 3.63) is 94.6 Å². The van der Waals surface area contributed by atoms with E-state index in [2.05, 4.69) is 0 Å². The van der Waals surface area contributed by atoms with Gasteiger partial charge in [0.05, 0.1) is 18.4 Å². The maximum atomic E-state index is 13.8. The van der Waals surface area contributed by atoms with Crippen molar-refractivity contribution in [1.29, 1.82) is 0 Å². The number of hydrogen-bond donors (Lipinski definition) is 0. The van der Waals surface area contributed by atoms with E-state index >= 15 is 0 Å². The number of para-hydroxylation sites is 1. The molecule has 0 bridgehead atoms. The van der Waals surface area contributed by atoms with Gasteiger partial charge >= 0.3 is 0 Å². The van der Waals surface area contributed by atoms with Crippen LogP contribution in [0.1, 0.15) is 18.1 Å². The molecule has 2 amide bonds. The molecule has 0 spiro atoms. The minimum atomic E-state index is -0.380. The number of likely N-dealkylation sites (N-methyl/N-ethyl adjacent to an activating group) is 1. The van der Waals surface area contributed by atoms with Crippen LogP contribution < -0.4 is 14.5 Å². The summed E-state index contributed by atoms with van der Waals surface area (Å²) in [5.74, 6) is -0.0857. The molecule has 32 heavy (non-hydrogen) atoms. The highest BCUT2D eigenvalue weighted by Crippen LogP contribution is 2.38. The van der Waals surface area contributed by atoms with E-state index in [0.717, 1.165) is 11.3 Å². The van der Waals surface area contributed by atoms with Gasteiger partial charge in [-0.2, -0.15) is 0 Å². The number of imide groups is 1. The first kappa shape index (κ1) is 21.7. The quantitative estimate of drug-likeness (QED) is 0.471. The highest BCUT2D eigenvalue weighted by Gasteiger charge is 2.43. The lowest BCUT2D eigenvalue weighted by Gasteiger charge is -2.25. The summed E-state index contributed by atoms with van der Waals surface area (Å²) < 4.78 is 5.26. The number of carbonyl (C=O) groups is 2. The molecular weight excluding hydrogens is 424 g/mol. The van der Waals surface area contributed by atoms with E-state index < -0.39 is 0 Å². The van der Waals surface area contributed by atoms with E-state index in [0.29, 0.717) is 39.8 Å². The Labute approximate surface area is 192 Å². The molecule has 0 aliphatic carbocycles. The Morgan fingerprint density at radius 3 is 2.25 bits per heavy atom. The Morgan fingerprint density at radius 2 is 1.62 bits per heavy atom. The van der Waals surface area contributed by atoms with Gasteiger partial charge in [-0.15, -0.1) is 0 Å². The number of methoxy groups -OCH3 is 1. The maximum Gasteiger partial charge on any atom is 0.282 e. The number of ether oxygens (including phenoxy) is 1. The molecule has 4 rings (SSSR count). The van der Waals surface area contributed by atoms with Crippen LogP contribution in [0.5, 0.6) is 5.75 Å². The van der Waals surface area contributed by atoms with Crippen molar-refractivity contribution in [2.24, 2.45) is 0 Å². The molecule has 0 fully saturated rings. The Kier molecular flexibility index (Phi) is 6.01. The molecular formula is C26H23ClN2O3. The molecule has 0 saturated heterocycles. The van der Waals surface area contributed by atoms with E-state index in [4.69, 9.17) is 16.3 Å². The second-order valence-corrected chi connectivity index (χ2v) is 7.84. The monoisotopic (exact) mass is 446 g/mol. The third kappa shape index (κ3) is 3.76. The smallest absolute Gasteiger partial charge is 0.282 e. The molecule has 6 heteroatoms. The van der Waals surface area contributed by atoms with Crippen molar-refractivity contribution in [3.63, 3.8) is 0 Å². The summed E-state index contributed by atoms with van der Waals surface area (Å²) in [5.41, 5.74) is 3.44. The topological polar surface area (TPSA) is 49.9 Å². The van der Waals surface area contributed by atoms with Gasteiger partial charge in [0.1, 0.15) is 11.4 Å². The second-order valence-electron chi connectivity index (χ2n) is 7.41. The van der Waals surface area contributed by atoms with Gasteiger partial charge in [0.15, 0.2) is 0 Å². The average molecular weight is 447 g/mol. The van der Waals surface area contributed by atoms with Gasteiger partial charge in [-0.05, 0) is 61.4 Å². The first-order chi connectivity index (χ1) is 15.5. The number of halogens is 1. The largest absolute Gasteiger partial charge is 0.497 e. The van der Waals surface area contributed by atoms with Crippen LogP contribution in [0.3, 0.4) is 0 Å². The van der Waals surface area contributed by atoms with Gasteiger partial charge in [0.25, 0.3) is 11.8 Å². The molecule has 0 unspecified atom stereocenters. The number of hydrogen-bond acceptors (Lipinski definition) is 4. The molecule has 0 N–H and O–H groups in total. The Balaban J connectivity index is 1.92. The summed E-state index contributed by atoms with van der Waals surface area (Å²) in [6.45, 7) is 4.32. The molecule has 1 heterocycles. The molecule has 1 aliphatic heterocycles. The van der Waals surface area contributed by atoms with E-state index in [1.807, 2.05) is 49.1 Å². The van der Waals surface area contributed by atoms with Crippen molar-refractivity contribution in [2.75, 3.05) is 23.5 Å². The number of aryl methyl sites for hydroxylation is 1. The number of benzene rings is 3. The summed E-state index contributed by atoms with van der Waals surface area (Å²) in [6, 6.07) is 21.9. The van der Waals surface area contributed by atoms with E-state index in [9.17, 15) is 9.59 Å². The van der Waals surface area contributed by atoms with Gasteiger partial charge in [-0.25, -0.2) is 4.90 Å². The fraction of sp³-hybridized carbons (Fsp3) is 0.154. The number of amides is 2. The van der Waals surface area contributed by atoms with Crippen molar-refractivity contribution in [3.8, 4) is 5.75 Å². The normalized spacial score (nSPS) is 13.7. The first-order valence-electron chi connectivity index (χ1n) is 10.3. The fourth-order valence-electron chi connectivity index (χ4n) is 3.91. The summed E-state index contributed by atoms with van der Waals surface area (Å²) in [5, 5.41) is 0.459. The minimum Gasteiger partial charge on any atom is -0.497 e. The number of rotatable bonds is 6. The van der Waals surface area contributed by atoms with Crippen molar-refractivity contribution < 1.29 is 14.3 Å². The second kappa shape index (κ2) is 8.89. The first-order valence-corrected chi connectivity index (χ1v) is 10.7. The Bertz CT molecular complexity index is 1200. The molecule has 0 atom stereocenters. The van der Waals surface area contributed by atoms with Gasteiger partial charge < -0.3 is 9.64 Å². The molecule has 3 aromatic carbocycles. The lowest BCUT2D eigenvalue weighted by molar-refractivity contribution is -0.120. The van der Waals surface area contributed by atoms with Crippen LogP contribution in [0.2, 0.25) is 5.02 Å². The van der Waals surface area contributed by atoms with Crippen LogP contribution >= 0.6 is 11.6 Å². The van der Waals surface area contributed by atoms with Crippen molar-refractivity contribution in [1.82, 2.24) is 0 Å². The third-order valence-electron chi connectivity index (χ3n) is 5.50. The molecule has 0 radical (unpaired) electrons. The number of anilines is 2. The Hall–Kier alpha value is -3.57. The minimum absolute atomic E-state index is 0.341. The SMILES string of the molecule is CCN(C1=C(c2ccc(OC)cc2)C(=O)N(c2cc(Cl)ccc2C)C1=O)c1ccccc1. The lowest BCUT2D eigenvalue weighted by atomic mass is 10.0. The lowest BCUT2D eigenvalue weighted by Crippen LogP contribution is -2.35. The van der Waals surface area contributed by atoms with Crippen molar-refractivity contribution in [2.45, 2.75) is 13.8 Å². The molecule has 162 valence electrons. The predicted molar refractivity (Wildman–Crippen MR) is 128 cm³/mol. The van der Waals surface area contributed by atoms with Gasteiger partial charge in [0.2, 0.25) is 0 Å². The van der Waals surface area contributed by atoms with Crippen molar-refractivity contribution >= 4 is 40.4 Å². The van der Waals surface area contributed by atoms with Gasteiger partial charge in [-0.3, -0.25) is 9.59 Å². The van der Waals surface area contributed by atoms with E-state index in [1.54, 1.807) is 49.6 Å². The summed E-state index contributed by atoms with van der Waals surface area (Å²) >= 11 is 6.21. The van der Waals surface area contributed by atoms with E-state index in [1.165, 1.54) is 4.90 Å². The highest BCUT2D eigenvalue weighted by atomic mass is 35.5. The molecule has 0 saturated carbocycles. The van der Waals surface area contributed by atoms with Crippen LogP contribution in [0.15, 0.2) is 78.5 Å². The summed E-state index contributed by atoms with van der Waals surface area (Å²) in [4.78, 5) is 30.6. The van der Waals surface area contributed by atoms with Crippen LogP contribution in [0.4, 0.5) is 11.4 Å². The van der Waals surface area contributed by atoms with Crippen LogP contribution in [-0.2, 0) is 9.59 Å². The maximum absolute atomic E-state index is 13.8. The molecule has 5 nitrogen and oxygen atoms in total. The van der Waals surface area contributed by atoms with E-state index in [-0.39, 0.29) is 11.8 Å². The van der Waals surface area contributed by atoms with Crippen LogP contribution in [0.25, 0.3) is 5.57 Å². The van der Waals surface area contributed by atoms with Gasteiger partial charge in [-0.1, -0.05) is 48.0 Å². The Morgan fingerprint density at radius 1 is 0.938 bits per heavy atom. The standard InChI is InChI=1S/C26H23ClN2O3/c1-4-28(20-8-6-5-7-9-20)24-23(18-11-14-21(32-3)15-12-18)25(30)29(26(24)31)22-16-19(27)13-10-17(22)2/h5-16H,4H2,1-3H3. The molecule has 3 aromatic rings. The van der Waals surface area contributed by atoms with Crippen LogP contribution in [-0.4, -0.2) is 25.5 Å². The zero-order valence-electron chi connectivity index (χ0n) is 18.1.